The highest BCUT2D eigenvalue weighted by atomic mass is 16.6. The van der Waals surface area contributed by atoms with E-state index in [2.05, 4.69) is 0 Å². The first-order chi connectivity index (χ1) is 10.8. The summed E-state index contributed by atoms with van der Waals surface area (Å²) >= 11 is 0. The molecule has 0 aliphatic carbocycles. The minimum atomic E-state index is 0.305. The van der Waals surface area contributed by atoms with Crippen LogP contribution in [0.1, 0.15) is 0 Å². The summed E-state index contributed by atoms with van der Waals surface area (Å²) in [5.41, 5.74) is 2.29. The third kappa shape index (κ3) is 5.15. The maximum absolute atomic E-state index is 9.10. The van der Waals surface area contributed by atoms with Gasteiger partial charge in [-0.25, -0.2) is 0 Å². The molecule has 2 atom stereocenters. The van der Waals surface area contributed by atoms with Gasteiger partial charge in [0.05, 0.1) is 26.4 Å². The van der Waals surface area contributed by atoms with Crippen LogP contribution in [0.25, 0.3) is 11.1 Å². The molecule has 2 unspecified atom stereocenters. The number of phenols is 1. The highest BCUT2D eigenvalue weighted by Crippen LogP contribution is 2.20. The molecule has 2 saturated heterocycles. The molecule has 2 aromatic rings. The number of hydrogen-bond donors (Lipinski definition) is 1. The number of hydrogen-bond acceptors (Lipinski definition) is 4. The lowest BCUT2D eigenvalue weighted by Crippen LogP contribution is -2.06. The fraction of sp³-hybridized carbons (Fsp3) is 0.333. The van der Waals surface area contributed by atoms with Crippen LogP contribution in [-0.2, 0) is 14.2 Å². The molecule has 2 aliphatic rings. The van der Waals surface area contributed by atoms with Crippen LogP contribution in [0.2, 0.25) is 0 Å². The molecule has 1 N–H and O–H groups in total. The third-order valence-electron chi connectivity index (χ3n) is 3.39. The van der Waals surface area contributed by atoms with E-state index in [1.807, 2.05) is 42.5 Å². The largest absolute Gasteiger partial charge is 0.508 e. The number of epoxide rings is 2. The summed E-state index contributed by atoms with van der Waals surface area (Å²) in [6.45, 7) is 3.26. The summed E-state index contributed by atoms with van der Waals surface area (Å²) < 4.78 is 15.1. The second kappa shape index (κ2) is 7.40. The zero-order valence-electron chi connectivity index (χ0n) is 12.4. The molecule has 0 spiro atoms. The van der Waals surface area contributed by atoms with Gasteiger partial charge in [0, 0.05) is 0 Å². The van der Waals surface area contributed by atoms with Crippen molar-refractivity contribution >= 4 is 0 Å². The van der Waals surface area contributed by atoms with Crippen molar-refractivity contribution in [1.29, 1.82) is 0 Å². The van der Waals surface area contributed by atoms with Crippen LogP contribution < -0.4 is 0 Å². The van der Waals surface area contributed by atoms with Crippen molar-refractivity contribution in [2.24, 2.45) is 0 Å². The summed E-state index contributed by atoms with van der Waals surface area (Å²) in [7, 11) is 0. The normalized spacial score (nSPS) is 21.6. The van der Waals surface area contributed by atoms with Gasteiger partial charge in [0.15, 0.2) is 0 Å². The lowest BCUT2D eigenvalue weighted by atomic mass is 10.1. The summed E-state index contributed by atoms with van der Waals surface area (Å²) in [6, 6.07) is 17.3. The predicted molar refractivity (Wildman–Crippen MR) is 83.8 cm³/mol. The molecule has 0 aromatic heterocycles. The van der Waals surface area contributed by atoms with Crippen molar-refractivity contribution in [2.75, 3.05) is 26.4 Å². The Morgan fingerprint density at radius 3 is 1.82 bits per heavy atom. The van der Waals surface area contributed by atoms with E-state index in [1.165, 1.54) is 5.56 Å². The van der Waals surface area contributed by atoms with Crippen molar-refractivity contribution in [3.8, 4) is 16.9 Å². The van der Waals surface area contributed by atoms with Crippen LogP contribution >= 0.6 is 0 Å². The van der Waals surface area contributed by atoms with E-state index in [0.29, 0.717) is 18.0 Å². The van der Waals surface area contributed by atoms with Gasteiger partial charge in [-0.15, -0.1) is 0 Å². The molecule has 2 fully saturated rings. The Balaban J connectivity index is 0.000000139. The summed E-state index contributed by atoms with van der Waals surface area (Å²) in [6.07, 6.45) is 0.785. The number of rotatable bonds is 5. The van der Waals surface area contributed by atoms with E-state index in [-0.39, 0.29) is 0 Å². The number of phenolic OH excluding ortho intramolecular Hbond substituents is 1. The first kappa shape index (κ1) is 15.0. The van der Waals surface area contributed by atoms with Crippen molar-refractivity contribution < 1.29 is 19.3 Å². The topological polar surface area (TPSA) is 54.5 Å². The Morgan fingerprint density at radius 1 is 0.818 bits per heavy atom. The molecule has 22 heavy (non-hydrogen) atoms. The quantitative estimate of drug-likeness (QED) is 0.863. The third-order valence-corrected chi connectivity index (χ3v) is 3.39. The Bertz CT molecular complexity index is 547. The standard InChI is InChI=1S/C12H10O.C6H10O3/c13-12-8-6-11(7-9-12)10-4-2-1-3-5-10;1(5-3-8-5)7-2-6-4-9-6/h1-9,13H;5-6H,1-4H2. The minimum absolute atomic E-state index is 0.305. The number of aromatic hydroxyl groups is 1. The van der Waals surface area contributed by atoms with Gasteiger partial charge in [-0.1, -0.05) is 42.5 Å². The monoisotopic (exact) mass is 300 g/mol. The molecule has 4 heteroatoms. The van der Waals surface area contributed by atoms with E-state index in [9.17, 15) is 0 Å². The smallest absolute Gasteiger partial charge is 0.115 e. The predicted octanol–water partition coefficient (Wildman–Crippen LogP) is 2.86. The Morgan fingerprint density at radius 2 is 1.32 bits per heavy atom. The lowest BCUT2D eigenvalue weighted by Gasteiger charge is -2.00. The van der Waals surface area contributed by atoms with Crippen LogP contribution in [-0.4, -0.2) is 43.7 Å². The van der Waals surface area contributed by atoms with E-state index in [1.54, 1.807) is 12.1 Å². The maximum atomic E-state index is 9.10. The first-order valence-corrected chi connectivity index (χ1v) is 7.46. The van der Waals surface area contributed by atoms with E-state index in [4.69, 9.17) is 19.3 Å². The van der Waals surface area contributed by atoms with Crippen LogP contribution in [0.4, 0.5) is 0 Å². The molecular formula is C18H20O4. The molecule has 2 heterocycles. The van der Waals surface area contributed by atoms with Crippen molar-refractivity contribution in [3.63, 3.8) is 0 Å². The summed E-state index contributed by atoms with van der Waals surface area (Å²) in [5, 5.41) is 9.10. The Hall–Kier alpha value is -1.88. The average molecular weight is 300 g/mol. The number of benzene rings is 2. The first-order valence-electron chi connectivity index (χ1n) is 7.46. The second-order valence-electron chi connectivity index (χ2n) is 5.36. The van der Waals surface area contributed by atoms with Gasteiger partial charge in [0.25, 0.3) is 0 Å². The fourth-order valence-corrected chi connectivity index (χ4v) is 1.94. The number of ether oxygens (including phenoxy) is 3. The second-order valence-corrected chi connectivity index (χ2v) is 5.36. The van der Waals surface area contributed by atoms with Gasteiger partial charge in [0.1, 0.15) is 18.0 Å². The SMILES string of the molecule is C(OCC1CO1)C1CO1.Oc1ccc(-c2ccccc2)cc1. The Labute approximate surface area is 130 Å². The lowest BCUT2D eigenvalue weighted by molar-refractivity contribution is 0.102. The molecule has 4 rings (SSSR count). The maximum Gasteiger partial charge on any atom is 0.115 e. The summed E-state index contributed by atoms with van der Waals surface area (Å²) in [5.74, 6) is 0.305. The Kier molecular flexibility index (Phi) is 5.06. The van der Waals surface area contributed by atoms with Crippen LogP contribution in [0, 0.1) is 0 Å². The molecular weight excluding hydrogens is 280 g/mol. The van der Waals surface area contributed by atoms with Crippen LogP contribution in [0.5, 0.6) is 5.75 Å². The van der Waals surface area contributed by atoms with Crippen LogP contribution in [0.15, 0.2) is 54.6 Å². The zero-order valence-corrected chi connectivity index (χ0v) is 12.4. The van der Waals surface area contributed by atoms with Gasteiger partial charge >= 0.3 is 0 Å². The molecule has 4 nitrogen and oxygen atoms in total. The molecule has 0 amide bonds. The average Bonchev–Trinajstić information content (AvgIpc) is 3.45. The minimum Gasteiger partial charge on any atom is -0.508 e. The van der Waals surface area contributed by atoms with Gasteiger partial charge in [-0.05, 0) is 23.3 Å². The fourth-order valence-electron chi connectivity index (χ4n) is 1.94. The zero-order chi connectivity index (χ0) is 15.2. The molecule has 116 valence electrons. The summed E-state index contributed by atoms with van der Waals surface area (Å²) in [4.78, 5) is 0. The molecule has 0 saturated carbocycles. The van der Waals surface area contributed by atoms with Gasteiger partial charge in [0.2, 0.25) is 0 Å². The molecule has 2 aromatic carbocycles. The van der Waals surface area contributed by atoms with Gasteiger partial charge in [-0.2, -0.15) is 0 Å². The molecule has 2 aliphatic heterocycles. The highest BCUT2D eigenvalue weighted by Gasteiger charge is 2.26. The van der Waals surface area contributed by atoms with Crippen molar-refractivity contribution in [2.45, 2.75) is 12.2 Å². The molecule has 0 radical (unpaired) electrons. The van der Waals surface area contributed by atoms with Crippen molar-refractivity contribution in [3.05, 3.63) is 54.6 Å². The van der Waals surface area contributed by atoms with E-state index >= 15 is 0 Å². The highest BCUT2D eigenvalue weighted by molar-refractivity contribution is 5.63. The molecule has 0 bridgehead atoms. The van der Waals surface area contributed by atoms with E-state index < -0.39 is 0 Å². The van der Waals surface area contributed by atoms with Gasteiger partial charge < -0.3 is 19.3 Å². The van der Waals surface area contributed by atoms with E-state index in [0.717, 1.165) is 32.0 Å². The van der Waals surface area contributed by atoms with Crippen LogP contribution in [0.3, 0.4) is 0 Å². The van der Waals surface area contributed by atoms with Gasteiger partial charge in [-0.3, -0.25) is 0 Å². The van der Waals surface area contributed by atoms with Crippen molar-refractivity contribution in [1.82, 2.24) is 0 Å².